The van der Waals surface area contributed by atoms with E-state index in [2.05, 4.69) is 31.0 Å². The van der Waals surface area contributed by atoms with Gasteiger partial charge >= 0.3 is 0 Å². The molecule has 3 nitrogen and oxygen atoms in total. The monoisotopic (exact) mass is 323 g/mol. The van der Waals surface area contributed by atoms with Gasteiger partial charge in [0.2, 0.25) is 5.84 Å². The summed E-state index contributed by atoms with van der Waals surface area (Å²) in [6, 6.07) is 0. The highest BCUT2D eigenvalue weighted by Gasteiger charge is 2.40. The molecule has 1 aliphatic rings. The number of quaternary nitrogens is 1. The number of hydrogen-bond donors (Lipinski definition) is 1. The van der Waals surface area contributed by atoms with Crippen LogP contribution in [0.5, 0.6) is 0 Å². The van der Waals surface area contributed by atoms with Crippen molar-refractivity contribution in [1.29, 1.82) is 0 Å². The van der Waals surface area contributed by atoms with E-state index in [1.165, 1.54) is 63.6 Å². The molecule has 0 spiro atoms. The van der Waals surface area contributed by atoms with E-state index in [1.54, 1.807) is 0 Å². The molecule has 23 heavy (non-hydrogen) atoms. The molecule has 3 heteroatoms. The van der Waals surface area contributed by atoms with Crippen LogP contribution in [0.1, 0.15) is 85.0 Å². The zero-order valence-corrected chi connectivity index (χ0v) is 15.8. The molecule has 0 bridgehead atoms. The third-order valence-corrected chi connectivity index (χ3v) is 5.23. The Balaban J connectivity index is 2.07. The van der Waals surface area contributed by atoms with Crippen molar-refractivity contribution in [1.82, 2.24) is 0 Å². The lowest BCUT2D eigenvalue weighted by molar-refractivity contribution is -0.882. The molecular weight excluding hydrogens is 284 g/mol. The van der Waals surface area contributed by atoms with Crippen molar-refractivity contribution < 1.29 is 9.59 Å². The molecule has 0 fully saturated rings. The Morgan fingerprint density at radius 1 is 1.04 bits per heavy atom. The highest BCUT2D eigenvalue weighted by Crippen LogP contribution is 2.22. The Hall–Kier alpha value is -0.670. The van der Waals surface area contributed by atoms with E-state index < -0.39 is 0 Å². The lowest BCUT2D eigenvalue weighted by Crippen LogP contribution is -2.56. The average Bonchev–Trinajstić information content (AvgIpc) is 2.97. The third-order valence-electron chi connectivity index (χ3n) is 5.23. The lowest BCUT2D eigenvalue weighted by Gasteiger charge is -2.36. The molecule has 0 saturated carbocycles. The molecule has 1 N–H and O–H groups in total. The smallest absolute Gasteiger partial charge is 0.200 e. The minimum absolute atomic E-state index is 0.318. The Morgan fingerprint density at radius 3 is 2.35 bits per heavy atom. The van der Waals surface area contributed by atoms with Crippen LogP contribution in [-0.2, 0) is 0 Å². The van der Waals surface area contributed by atoms with Crippen molar-refractivity contribution in [2.75, 3.05) is 19.6 Å². The van der Waals surface area contributed by atoms with Gasteiger partial charge in [-0.3, -0.25) is 4.48 Å². The Kier molecular flexibility index (Phi) is 10.5. The second-order valence-electron chi connectivity index (χ2n) is 6.92. The quantitative estimate of drug-likeness (QED) is 0.287. The number of allylic oxidation sites excluding steroid dienone is 2. The zero-order chi connectivity index (χ0) is 17.0. The molecule has 0 aromatic rings. The summed E-state index contributed by atoms with van der Waals surface area (Å²) in [4.78, 5) is 4.69. The van der Waals surface area contributed by atoms with Crippen LogP contribution in [0, 0.1) is 0 Å². The fourth-order valence-corrected chi connectivity index (χ4v) is 3.59. The van der Waals surface area contributed by atoms with Crippen molar-refractivity contribution in [3.8, 4) is 0 Å². The molecule has 0 amide bonds. The van der Waals surface area contributed by atoms with Crippen LogP contribution in [0.3, 0.4) is 0 Å². The van der Waals surface area contributed by atoms with Crippen molar-refractivity contribution in [3.63, 3.8) is 0 Å². The fraction of sp³-hybridized carbons (Fsp3) is 0.850. The summed E-state index contributed by atoms with van der Waals surface area (Å²) in [6.07, 6.45) is 17.1. The third kappa shape index (κ3) is 6.76. The van der Waals surface area contributed by atoms with Gasteiger partial charge in [0.1, 0.15) is 6.54 Å². The summed E-state index contributed by atoms with van der Waals surface area (Å²) in [5.74, 6) is 1.24. The van der Waals surface area contributed by atoms with Crippen molar-refractivity contribution in [3.05, 3.63) is 12.2 Å². The summed E-state index contributed by atoms with van der Waals surface area (Å²) < 4.78 is 0.712. The maximum atomic E-state index is 10.1. The Bertz CT molecular complexity index is 363. The van der Waals surface area contributed by atoms with Crippen molar-refractivity contribution in [2.24, 2.45) is 4.99 Å². The maximum Gasteiger partial charge on any atom is 0.200 e. The second-order valence-corrected chi connectivity index (χ2v) is 6.92. The van der Waals surface area contributed by atoms with Gasteiger partial charge in [-0.15, -0.1) is 0 Å². The average molecular weight is 324 g/mol. The van der Waals surface area contributed by atoms with Crippen LogP contribution in [0.2, 0.25) is 0 Å². The van der Waals surface area contributed by atoms with E-state index in [0.29, 0.717) is 4.48 Å². The van der Waals surface area contributed by atoms with Gasteiger partial charge in [-0.05, 0) is 32.6 Å². The largest absolute Gasteiger partial charge is 0.345 e. The van der Waals surface area contributed by atoms with Gasteiger partial charge in [0.25, 0.3) is 0 Å². The highest BCUT2D eigenvalue weighted by molar-refractivity contribution is 5.76. The first-order chi connectivity index (χ1) is 11.2. The maximum absolute atomic E-state index is 10.1. The van der Waals surface area contributed by atoms with Crippen LogP contribution in [-0.4, -0.2) is 41.3 Å². The summed E-state index contributed by atoms with van der Waals surface area (Å²) in [7, 11) is 0. The van der Waals surface area contributed by atoms with Gasteiger partial charge < -0.3 is 5.11 Å². The molecule has 2 unspecified atom stereocenters. The van der Waals surface area contributed by atoms with Crippen LogP contribution in [0.25, 0.3) is 0 Å². The summed E-state index contributed by atoms with van der Waals surface area (Å²) >= 11 is 0. The first-order valence-corrected chi connectivity index (χ1v) is 9.91. The summed E-state index contributed by atoms with van der Waals surface area (Å²) in [6.45, 7) is 9.14. The Morgan fingerprint density at radius 2 is 1.70 bits per heavy atom. The molecule has 0 saturated heterocycles. The second kappa shape index (κ2) is 11.8. The standard InChI is InChI=1S/C20H39N2O/c1-4-6-7-8-9-10-11-12-13-14-15-16-20-21-17-18-22(20,5-2)19(3)23/h7-8,19,23H,4-6,9-18H2,1-3H3/q+1/b8-7+. The van der Waals surface area contributed by atoms with E-state index in [4.69, 9.17) is 0 Å². The summed E-state index contributed by atoms with van der Waals surface area (Å²) in [5.41, 5.74) is 0. The molecule has 1 aliphatic heterocycles. The van der Waals surface area contributed by atoms with E-state index >= 15 is 0 Å². The summed E-state index contributed by atoms with van der Waals surface area (Å²) in [5, 5.41) is 10.1. The first kappa shape index (κ1) is 20.4. The van der Waals surface area contributed by atoms with Gasteiger partial charge in [0.15, 0.2) is 6.23 Å². The molecule has 134 valence electrons. The number of aliphatic imine (C=N–C) groups is 1. The molecule has 0 aliphatic carbocycles. The number of aliphatic hydroxyl groups excluding tert-OH is 1. The number of aliphatic hydroxyl groups is 1. The first-order valence-electron chi connectivity index (χ1n) is 9.91. The molecular formula is C20H39N2O+. The van der Waals surface area contributed by atoms with E-state index in [-0.39, 0.29) is 6.23 Å². The van der Waals surface area contributed by atoms with Gasteiger partial charge in [0.05, 0.1) is 13.1 Å². The van der Waals surface area contributed by atoms with Crippen LogP contribution < -0.4 is 0 Å². The van der Waals surface area contributed by atoms with Gasteiger partial charge in [0, 0.05) is 13.3 Å². The Labute approximate surface area is 144 Å². The lowest BCUT2D eigenvalue weighted by atomic mass is 10.1. The minimum atomic E-state index is -0.318. The molecule has 1 heterocycles. The SMILES string of the molecule is CCC/C=C/CCCCCCCCC1=NCC[N+]1(CC)C(C)O. The van der Waals surface area contributed by atoms with Gasteiger partial charge in [-0.25, -0.2) is 4.99 Å². The number of nitrogens with zero attached hydrogens (tertiary/aromatic N) is 2. The topological polar surface area (TPSA) is 32.6 Å². The molecule has 0 aromatic carbocycles. The van der Waals surface area contributed by atoms with E-state index in [0.717, 1.165) is 26.1 Å². The molecule has 0 radical (unpaired) electrons. The van der Waals surface area contributed by atoms with Crippen LogP contribution in [0.4, 0.5) is 0 Å². The number of rotatable bonds is 13. The van der Waals surface area contributed by atoms with Gasteiger partial charge in [-0.2, -0.15) is 0 Å². The van der Waals surface area contributed by atoms with Crippen molar-refractivity contribution >= 4 is 5.84 Å². The van der Waals surface area contributed by atoms with Crippen LogP contribution >= 0.6 is 0 Å². The number of amidine groups is 1. The number of unbranched alkanes of at least 4 members (excludes halogenated alkanes) is 7. The fourth-order valence-electron chi connectivity index (χ4n) is 3.59. The molecule has 0 aromatic heterocycles. The van der Waals surface area contributed by atoms with E-state index in [1.807, 2.05) is 6.92 Å². The van der Waals surface area contributed by atoms with Crippen molar-refractivity contribution in [2.45, 2.75) is 91.2 Å². The van der Waals surface area contributed by atoms with Gasteiger partial charge in [-0.1, -0.05) is 51.2 Å². The number of likely N-dealkylation sites (N-methyl/N-ethyl adjacent to an activating group) is 1. The predicted octanol–water partition coefficient (Wildman–Crippen LogP) is 5.05. The van der Waals surface area contributed by atoms with Crippen LogP contribution in [0.15, 0.2) is 17.1 Å². The normalized spacial score (nSPS) is 22.7. The minimum Gasteiger partial charge on any atom is -0.345 e. The molecule has 2 atom stereocenters. The van der Waals surface area contributed by atoms with E-state index in [9.17, 15) is 5.11 Å². The molecule has 1 rings (SSSR count). The zero-order valence-electron chi connectivity index (χ0n) is 15.8. The number of hydrogen-bond acceptors (Lipinski definition) is 2. The predicted molar refractivity (Wildman–Crippen MR) is 101 cm³/mol. The highest BCUT2D eigenvalue weighted by atomic mass is 16.3.